The lowest BCUT2D eigenvalue weighted by Crippen LogP contribution is -2.48. The van der Waals surface area contributed by atoms with E-state index in [1.807, 2.05) is 0 Å². The van der Waals surface area contributed by atoms with Crippen molar-refractivity contribution in [2.45, 2.75) is 33.2 Å². The third kappa shape index (κ3) is 3.58. The van der Waals surface area contributed by atoms with Gasteiger partial charge in [0.1, 0.15) is 6.61 Å². The smallest absolute Gasteiger partial charge is 0.172 e. The summed E-state index contributed by atoms with van der Waals surface area (Å²) in [7, 11) is 1.57. The first kappa shape index (κ1) is 12.7. The van der Waals surface area contributed by atoms with E-state index < -0.39 is 0 Å². The van der Waals surface area contributed by atoms with Crippen molar-refractivity contribution < 1.29 is 9.53 Å². The molecule has 3 heteroatoms. The fourth-order valence-electron chi connectivity index (χ4n) is 2.47. The van der Waals surface area contributed by atoms with Gasteiger partial charge in [0.25, 0.3) is 0 Å². The van der Waals surface area contributed by atoms with Gasteiger partial charge < -0.3 is 4.74 Å². The highest BCUT2D eigenvalue weighted by atomic mass is 16.5. The van der Waals surface area contributed by atoms with E-state index in [0.29, 0.717) is 24.4 Å². The van der Waals surface area contributed by atoms with E-state index in [-0.39, 0.29) is 12.4 Å². The van der Waals surface area contributed by atoms with E-state index in [2.05, 4.69) is 25.7 Å². The number of piperidine rings is 1. The Bertz CT molecular complexity index is 218. The van der Waals surface area contributed by atoms with Gasteiger partial charge in [-0.1, -0.05) is 13.8 Å². The summed E-state index contributed by atoms with van der Waals surface area (Å²) in [5.74, 6) is 1.57. The van der Waals surface area contributed by atoms with Crippen molar-refractivity contribution in [3.8, 4) is 0 Å². The molecule has 1 aliphatic rings. The molecule has 0 aromatic heterocycles. The Balaban J connectivity index is 2.48. The zero-order valence-electron chi connectivity index (χ0n) is 10.3. The van der Waals surface area contributed by atoms with E-state index in [0.717, 1.165) is 6.54 Å². The second kappa shape index (κ2) is 5.61. The summed E-state index contributed by atoms with van der Waals surface area (Å²) in [4.78, 5) is 13.8. The van der Waals surface area contributed by atoms with Crippen molar-refractivity contribution in [2.75, 3.05) is 26.8 Å². The number of nitrogens with zero attached hydrogens (tertiary/aromatic N) is 1. The fraction of sp³-hybridized carbons (Fsp3) is 0.917. The maximum atomic E-state index is 11.5. The number of hydrogen-bond acceptors (Lipinski definition) is 3. The zero-order valence-corrected chi connectivity index (χ0v) is 10.3. The van der Waals surface area contributed by atoms with Gasteiger partial charge in [0.15, 0.2) is 5.78 Å². The number of carbonyl (C=O) groups excluding carboxylic acids is 1. The lowest BCUT2D eigenvalue weighted by Gasteiger charge is -2.40. The van der Waals surface area contributed by atoms with Gasteiger partial charge >= 0.3 is 0 Å². The van der Waals surface area contributed by atoms with Crippen molar-refractivity contribution in [3.05, 3.63) is 0 Å². The SMILES string of the molecule is COCC(=O)CN1CC(C)CC(C)C1C. The van der Waals surface area contributed by atoms with Crippen LogP contribution in [0.15, 0.2) is 0 Å². The highest BCUT2D eigenvalue weighted by Crippen LogP contribution is 2.26. The molecule has 0 aromatic rings. The van der Waals surface area contributed by atoms with E-state index in [1.165, 1.54) is 6.42 Å². The minimum Gasteiger partial charge on any atom is -0.377 e. The highest BCUT2D eigenvalue weighted by molar-refractivity contribution is 5.81. The summed E-state index contributed by atoms with van der Waals surface area (Å²) in [6.45, 7) is 8.58. The summed E-state index contributed by atoms with van der Waals surface area (Å²) in [5, 5.41) is 0. The highest BCUT2D eigenvalue weighted by Gasteiger charge is 2.29. The lowest BCUT2D eigenvalue weighted by atomic mass is 9.86. The molecule has 1 saturated heterocycles. The van der Waals surface area contributed by atoms with Gasteiger partial charge in [-0.2, -0.15) is 0 Å². The second-order valence-electron chi connectivity index (χ2n) is 4.96. The molecular weight excluding hydrogens is 190 g/mol. The normalized spacial score (nSPS) is 32.9. The number of ketones is 1. The third-order valence-electron chi connectivity index (χ3n) is 3.40. The molecule has 0 radical (unpaired) electrons. The maximum Gasteiger partial charge on any atom is 0.172 e. The van der Waals surface area contributed by atoms with Gasteiger partial charge in [0, 0.05) is 19.7 Å². The van der Waals surface area contributed by atoms with Crippen LogP contribution in [0, 0.1) is 11.8 Å². The van der Waals surface area contributed by atoms with Crippen LogP contribution >= 0.6 is 0 Å². The summed E-state index contributed by atoms with van der Waals surface area (Å²) in [6, 6.07) is 0.516. The molecule has 1 aliphatic heterocycles. The molecule has 3 nitrogen and oxygen atoms in total. The van der Waals surface area contributed by atoms with Gasteiger partial charge in [-0.05, 0) is 25.2 Å². The van der Waals surface area contributed by atoms with E-state index in [1.54, 1.807) is 7.11 Å². The van der Waals surface area contributed by atoms with E-state index in [4.69, 9.17) is 4.74 Å². The minimum atomic E-state index is 0.186. The third-order valence-corrected chi connectivity index (χ3v) is 3.40. The van der Waals surface area contributed by atoms with Crippen molar-refractivity contribution >= 4 is 5.78 Å². The molecule has 15 heavy (non-hydrogen) atoms. The zero-order chi connectivity index (χ0) is 11.4. The average molecular weight is 213 g/mol. The van der Waals surface area contributed by atoms with Gasteiger partial charge in [-0.3, -0.25) is 9.69 Å². The first-order chi connectivity index (χ1) is 7.04. The van der Waals surface area contributed by atoms with Gasteiger partial charge in [-0.15, -0.1) is 0 Å². The van der Waals surface area contributed by atoms with Crippen LogP contribution in [0.1, 0.15) is 27.2 Å². The molecular formula is C12H23NO2. The second-order valence-corrected chi connectivity index (χ2v) is 4.96. The van der Waals surface area contributed by atoms with Crippen LogP contribution in [0.2, 0.25) is 0 Å². The van der Waals surface area contributed by atoms with Crippen LogP contribution in [0.25, 0.3) is 0 Å². The topological polar surface area (TPSA) is 29.5 Å². The lowest BCUT2D eigenvalue weighted by molar-refractivity contribution is -0.125. The predicted octanol–water partition coefficient (Wildman–Crippen LogP) is 1.57. The van der Waals surface area contributed by atoms with Crippen LogP contribution in [0.5, 0.6) is 0 Å². The maximum absolute atomic E-state index is 11.5. The Hall–Kier alpha value is -0.410. The predicted molar refractivity (Wildman–Crippen MR) is 60.9 cm³/mol. The Morgan fingerprint density at radius 3 is 2.67 bits per heavy atom. The number of hydrogen-bond donors (Lipinski definition) is 0. The summed E-state index contributed by atoms with van der Waals surface area (Å²) >= 11 is 0. The van der Waals surface area contributed by atoms with Crippen molar-refractivity contribution in [3.63, 3.8) is 0 Å². The van der Waals surface area contributed by atoms with Crippen molar-refractivity contribution in [2.24, 2.45) is 11.8 Å². The van der Waals surface area contributed by atoms with Gasteiger partial charge in [0.2, 0.25) is 0 Å². The largest absolute Gasteiger partial charge is 0.377 e. The molecule has 1 fully saturated rings. The first-order valence-corrected chi connectivity index (χ1v) is 5.79. The summed E-state index contributed by atoms with van der Waals surface area (Å²) in [6.07, 6.45) is 1.27. The Morgan fingerprint density at radius 2 is 2.07 bits per heavy atom. The first-order valence-electron chi connectivity index (χ1n) is 5.79. The number of Topliss-reactive ketones (excluding diaryl/α,β-unsaturated/α-hetero) is 1. The molecule has 88 valence electrons. The molecule has 0 amide bonds. The van der Waals surface area contributed by atoms with E-state index >= 15 is 0 Å². The average Bonchev–Trinajstić information content (AvgIpc) is 2.13. The number of carbonyl (C=O) groups is 1. The Kier molecular flexibility index (Phi) is 4.74. The number of likely N-dealkylation sites (tertiary alicyclic amines) is 1. The standard InChI is InChI=1S/C12H23NO2/c1-9-5-10(2)11(3)13(6-9)7-12(14)8-15-4/h9-11H,5-8H2,1-4H3. The molecule has 1 heterocycles. The molecule has 0 bridgehead atoms. The number of ether oxygens (including phenoxy) is 1. The molecule has 0 aromatic carbocycles. The number of methoxy groups -OCH3 is 1. The van der Waals surface area contributed by atoms with E-state index in [9.17, 15) is 4.79 Å². The Labute approximate surface area is 92.8 Å². The molecule has 3 unspecified atom stereocenters. The molecule has 0 N–H and O–H groups in total. The number of rotatable bonds is 4. The monoisotopic (exact) mass is 213 g/mol. The molecule has 1 rings (SSSR count). The van der Waals surface area contributed by atoms with Crippen molar-refractivity contribution in [1.29, 1.82) is 0 Å². The van der Waals surface area contributed by atoms with Gasteiger partial charge in [0.05, 0.1) is 6.54 Å². The van der Waals surface area contributed by atoms with Crippen molar-refractivity contribution in [1.82, 2.24) is 4.90 Å². The van der Waals surface area contributed by atoms with Crippen LogP contribution in [-0.4, -0.2) is 43.5 Å². The minimum absolute atomic E-state index is 0.186. The fourth-order valence-corrected chi connectivity index (χ4v) is 2.47. The van der Waals surface area contributed by atoms with Crippen LogP contribution in [-0.2, 0) is 9.53 Å². The van der Waals surface area contributed by atoms with Crippen LogP contribution in [0.4, 0.5) is 0 Å². The quantitative estimate of drug-likeness (QED) is 0.710. The molecule has 3 atom stereocenters. The van der Waals surface area contributed by atoms with Crippen LogP contribution in [0.3, 0.4) is 0 Å². The molecule has 0 spiro atoms. The summed E-state index contributed by atoms with van der Waals surface area (Å²) in [5.41, 5.74) is 0. The Morgan fingerprint density at radius 1 is 1.40 bits per heavy atom. The van der Waals surface area contributed by atoms with Gasteiger partial charge in [-0.25, -0.2) is 0 Å². The molecule has 0 aliphatic carbocycles. The van der Waals surface area contributed by atoms with Crippen LogP contribution < -0.4 is 0 Å². The summed E-state index contributed by atoms with van der Waals surface area (Å²) < 4.78 is 4.86. The molecule has 0 saturated carbocycles.